The Kier molecular flexibility index (Phi) is 3.27. The molecule has 0 aliphatic heterocycles. The summed E-state index contributed by atoms with van der Waals surface area (Å²) < 4.78 is 0. The molecule has 0 radical (unpaired) electrons. The highest BCUT2D eigenvalue weighted by molar-refractivity contribution is 5.17. The molecule has 2 heteroatoms. The standard InChI is InChI=1S/C12H26N2/c1-9(2)13-7-8-14-10-11(3,4)12(10,5)6/h9-10,13-14H,7-8H2,1-6H3. The molecule has 0 aromatic rings. The Bertz CT molecular complexity index is 180. The first kappa shape index (κ1) is 12.0. The predicted molar refractivity (Wildman–Crippen MR) is 62.5 cm³/mol. The molecule has 2 nitrogen and oxygen atoms in total. The molecule has 0 heterocycles. The van der Waals surface area contributed by atoms with Crippen LogP contribution in [0, 0.1) is 10.8 Å². The van der Waals surface area contributed by atoms with Crippen LogP contribution in [0.3, 0.4) is 0 Å². The molecule has 0 atom stereocenters. The monoisotopic (exact) mass is 198 g/mol. The van der Waals surface area contributed by atoms with Gasteiger partial charge in [-0.25, -0.2) is 0 Å². The summed E-state index contributed by atoms with van der Waals surface area (Å²) >= 11 is 0. The van der Waals surface area contributed by atoms with Gasteiger partial charge in [-0.05, 0) is 10.8 Å². The lowest BCUT2D eigenvalue weighted by atomic mass is 10.0. The molecule has 0 saturated heterocycles. The van der Waals surface area contributed by atoms with Crippen molar-refractivity contribution < 1.29 is 0 Å². The third-order valence-electron chi connectivity index (χ3n) is 4.05. The molecule has 1 fully saturated rings. The first-order chi connectivity index (χ1) is 6.30. The van der Waals surface area contributed by atoms with Crippen molar-refractivity contribution in [3.05, 3.63) is 0 Å². The molecule has 2 N–H and O–H groups in total. The second-order valence-corrected chi connectivity index (χ2v) is 5.94. The van der Waals surface area contributed by atoms with Gasteiger partial charge in [0.15, 0.2) is 0 Å². The minimum Gasteiger partial charge on any atom is -0.313 e. The van der Waals surface area contributed by atoms with E-state index in [0.717, 1.165) is 13.1 Å². The largest absolute Gasteiger partial charge is 0.313 e. The first-order valence-electron chi connectivity index (χ1n) is 5.77. The second-order valence-electron chi connectivity index (χ2n) is 5.94. The Morgan fingerprint density at radius 1 is 1.00 bits per heavy atom. The molecule has 0 unspecified atom stereocenters. The normalized spacial score (nSPS) is 24.2. The Balaban J connectivity index is 2.16. The minimum atomic E-state index is 0.463. The Morgan fingerprint density at radius 3 is 1.86 bits per heavy atom. The summed E-state index contributed by atoms with van der Waals surface area (Å²) in [5, 5.41) is 7.05. The van der Waals surface area contributed by atoms with Crippen LogP contribution in [-0.2, 0) is 0 Å². The average Bonchev–Trinajstić information content (AvgIpc) is 2.38. The van der Waals surface area contributed by atoms with Gasteiger partial charge in [-0.1, -0.05) is 41.5 Å². The highest BCUT2D eigenvalue weighted by atomic mass is 15.1. The topological polar surface area (TPSA) is 24.1 Å². The van der Waals surface area contributed by atoms with E-state index in [2.05, 4.69) is 52.2 Å². The van der Waals surface area contributed by atoms with Gasteiger partial charge < -0.3 is 10.6 Å². The molecule has 0 aromatic heterocycles. The Hall–Kier alpha value is -0.0800. The molecule has 84 valence electrons. The summed E-state index contributed by atoms with van der Waals surface area (Å²) in [6.45, 7) is 15.9. The van der Waals surface area contributed by atoms with Gasteiger partial charge in [-0.2, -0.15) is 0 Å². The van der Waals surface area contributed by atoms with E-state index in [1.807, 2.05) is 0 Å². The quantitative estimate of drug-likeness (QED) is 0.660. The van der Waals surface area contributed by atoms with Gasteiger partial charge in [0.1, 0.15) is 0 Å². The van der Waals surface area contributed by atoms with Crippen molar-refractivity contribution in [1.29, 1.82) is 0 Å². The van der Waals surface area contributed by atoms with Gasteiger partial charge in [0.05, 0.1) is 0 Å². The predicted octanol–water partition coefficient (Wildman–Crippen LogP) is 2.01. The van der Waals surface area contributed by atoms with E-state index >= 15 is 0 Å². The van der Waals surface area contributed by atoms with Crippen LogP contribution in [0.1, 0.15) is 41.5 Å². The van der Waals surface area contributed by atoms with Gasteiger partial charge >= 0.3 is 0 Å². The third kappa shape index (κ3) is 2.12. The summed E-state index contributed by atoms with van der Waals surface area (Å²) in [6.07, 6.45) is 0. The molecule has 1 saturated carbocycles. The Morgan fingerprint density at radius 2 is 1.50 bits per heavy atom. The van der Waals surface area contributed by atoms with E-state index in [1.54, 1.807) is 0 Å². The summed E-state index contributed by atoms with van der Waals surface area (Å²) in [5.41, 5.74) is 0.926. The molecule has 0 amide bonds. The zero-order valence-corrected chi connectivity index (χ0v) is 10.6. The molecule has 0 spiro atoms. The lowest BCUT2D eigenvalue weighted by Gasteiger charge is -2.09. The van der Waals surface area contributed by atoms with Crippen LogP contribution in [0.2, 0.25) is 0 Å². The van der Waals surface area contributed by atoms with Crippen molar-refractivity contribution in [2.75, 3.05) is 13.1 Å². The summed E-state index contributed by atoms with van der Waals surface area (Å²) in [4.78, 5) is 0. The van der Waals surface area contributed by atoms with Crippen LogP contribution in [-0.4, -0.2) is 25.2 Å². The number of rotatable bonds is 5. The smallest absolute Gasteiger partial charge is 0.0181 e. The summed E-state index contributed by atoms with van der Waals surface area (Å²) in [7, 11) is 0. The lowest BCUT2D eigenvalue weighted by molar-refractivity contribution is 0.457. The van der Waals surface area contributed by atoms with E-state index in [-0.39, 0.29) is 0 Å². The van der Waals surface area contributed by atoms with Gasteiger partial charge in [-0.3, -0.25) is 0 Å². The van der Waals surface area contributed by atoms with Gasteiger partial charge in [0.25, 0.3) is 0 Å². The summed E-state index contributed by atoms with van der Waals surface area (Å²) in [6, 6.07) is 1.28. The first-order valence-corrected chi connectivity index (χ1v) is 5.77. The van der Waals surface area contributed by atoms with E-state index in [0.29, 0.717) is 22.9 Å². The van der Waals surface area contributed by atoms with Crippen molar-refractivity contribution in [3.63, 3.8) is 0 Å². The molecule has 0 bridgehead atoms. The second kappa shape index (κ2) is 3.82. The van der Waals surface area contributed by atoms with Gasteiger partial charge in [-0.15, -0.1) is 0 Å². The highest BCUT2D eigenvalue weighted by Crippen LogP contribution is 2.62. The third-order valence-corrected chi connectivity index (χ3v) is 4.05. The van der Waals surface area contributed by atoms with Gasteiger partial charge in [0, 0.05) is 25.2 Å². The van der Waals surface area contributed by atoms with Crippen molar-refractivity contribution >= 4 is 0 Å². The minimum absolute atomic E-state index is 0.463. The van der Waals surface area contributed by atoms with Crippen LogP contribution in [0.25, 0.3) is 0 Å². The van der Waals surface area contributed by atoms with Crippen LogP contribution in [0.4, 0.5) is 0 Å². The van der Waals surface area contributed by atoms with E-state index in [9.17, 15) is 0 Å². The molecule has 1 rings (SSSR count). The molecular formula is C12H26N2. The van der Waals surface area contributed by atoms with Crippen molar-refractivity contribution in [1.82, 2.24) is 10.6 Å². The Labute approximate surface area is 88.8 Å². The zero-order chi connectivity index (χ0) is 11.0. The van der Waals surface area contributed by atoms with Crippen molar-refractivity contribution in [3.8, 4) is 0 Å². The van der Waals surface area contributed by atoms with Crippen molar-refractivity contribution in [2.45, 2.75) is 53.6 Å². The molecular weight excluding hydrogens is 172 g/mol. The SMILES string of the molecule is CC(C)NCCNC1C(C)(C)C1(C)C. The molecule has 1 aliphatic rings. The van der Waals surface area contributed by atoms with Gasteiger partial charge in [0.2, 0.25) is 0 Å². The maximum Gasteiger partial charge on any atom is 0.0181 e. The maximum absolute atomic E-state index is 3.63. The van der Waals surface area contributed by atoms with E-state index in [1.165, 1.54) is 0 Å². The summed E-state index contributed by atoms with van der Waals surface area (Å²) in [5.74, 6) is 0. The number of hydrogen-bond donors (Lipinski definition) is 2. The van der Waals surface area contributed by atoms with Crippen molar-refractivity contribution in [2.24, 2.45) is 10.8 Å². The van der Waals surface area contributed by atoms with E-state index in [4.69, 9.17) is 0 Å². The fourth-order valence-electron chi connectivity index (χ4n) is 2.28. The lowest BCUT2D eigenvalue weighted by Crippen LogP contribution is -2.34. The van der Waals surface area contributed by atoms with Crippen LogP contribution >= 0.6 is 0 Å². The molecule has 14 heavy (non-hydrogen) atoms. The molecule has 1 aliphatic carbocycles. The highest BCUT2D eigenvalue weighted by Gasteiger charge is 2.64. The fraction of sp³-hybridized carbons (Fsp3) is 1.00. The van der Waals surface area contributed by atoms with Crippen LogP contribution < -0.4 is 10.6 Å². The number of hydrogen-bond acceptors (Lipinski definition) is 2. The number of nitrogens with one attached hydrogen (secondary N) is 2. The van der Waals surface area contributed by atoms with Crippen LogP contribution in [0.15, 0.2) is 0 Å². The average molecular weight is 198 g/mol. The zero-order valence-electron chi connectivity index (χ0n) is 10.6. The van der Waals surface area contributed by atoms with Crippen LogP contribution in [0.5, 0.6) is 0 Å². The molecule has 0 aromatic carbocycles. The fourth-order valence-corrected chi connectivity index (χ4v) is 2.28. The van der Waals surface area contributed by atoms with E-state index < -0.39 is 0 Å². The maximum atomic E-state index is 3.63.